The number of halogens is 4. The van der Waals surface area contributed by atoms with E-state index in [9.17, 15) is 21.6 Å². The molecule has 2 saturated carbocycles. The highest BCUT2D eigenvalue weighted by molar-refractivity contribution is 7.87. The molecule has 4 nitrogen and oxygen atoms in total. The lowest BCUT2D eigenvalue weighted by molar-refractivity contribution is -0.0857. The fourth-order valence-electron chi connectivity index (χ4n) is 8.17. The minimum atomic E-state index is -5.72. The van der Waals surface area contributed by atoms with Crippen molar-refractivity contribution in [2.24, 2.45) is 35.0 Å². The topological polar surface area (TPSA) is 52.6 Å². The number of fused-ring (bicyclic) bond motifs is 4. The molecule has 0 aliphatic heterocycles. The van der Waals surface area contributed by atoms with Gasteiger partial charge in [-0.05, 0) is 64.6 Å². The van der Waals surface area contributed by atoms with E-state index in [2.05, 4.69) is 54.5 Å². The van der Waals surface area contributed by atoms with Crippen molar-refractivity contribution in [3.63, 3.8) is 0 Å². The van der Waals surface area contributed by atoms with E-state index < -0.39 is 23.9 Å². The molecule has 0 saturated heterocycles. The highest BCUT2D eigenvalue weighted by Gasteiger charge is 2.69. The molecule has 4 aliphatic rings. The van der Waals surface area contributed by atoms with Gasteiger partial charge in [0.15, 0.2) is 0 Å². The van der Waals surface area contributed by atoms with Crippen molar-refractivity contribution >= 4 is 30.0 Å². The summed E-state index contributed by atoms with van der Waals surface area (Å²) in [5.41, 5.74) is -4.35. The highest BCUT2D eigenvalue weighted by atomic mass is 35.5. The number of alkyl halides is 3. The Kier molecular flexibility index (Phi) is 6.89. The van der Waals surface area contributed by atoms with E-state index in [1.54, 1.807) is 6.08 Å². The van der Waals surface area contributed by atoms with Crippen LogP contribution in [0.2, 0.25) is 16.6 Å². The number of hydrogen-bond acceptors (Lipinski definition) is 4. The van der Waals surface area contributed by atoms with Gasteiger partial charge in [-0.1, -0.05) is 66.1 Å². The second-order valence-electron chi connectivity index (χ2n) is 12.1. The molecule has 0 aromatic carbocycles. The predicted molar refractivity (Wildman–Crippen MR) is 133 cm³/mol. The Morgan fingerprint density at radius 2 is 1.60 bits per heavy atom. The van der Waals surface area contributed by atoms with Crippen LogP contribution >= 0.6 is 11.6 Å². The first-order chi connectivity index (χ1) is 16.0. The first-order valence-electron chi connectivity index (χ1n) is 12.8. The molecule has 0 aromatic heterocycles. The zero-order valence-corrected chi connectivity index (χ0v) is 24.1. The molecule has 10 heteroatoms. The molecule has 200 valence electrons. The van der Waals surface area contributed by atoms with Gasteiger partial charge in [-0.25, -0.2) is 0 Å². The van der Waals surface area contributed by atoms with Crippen molar-refractivity contribution < 1.29 is 30.2 Å². The van der Waals surface area contributed by atoms with E-state index in [4.69, 9.17) is 20.2 Å². The smallest absolute Gasteiger partial charge is 0.412 e. The van der Waals surface area contributed by atoms with Gasteiger partial charge in [-0.3, -0.25) is 0 Å². The van der Waals surface area contributed by atoms with Gasteiger partial charge in [0, 0.05) is 17.4 Å². The molecule has 35 heavy (non-hydrogen) atoms. The van der Waals surface area contributed by atoms with Crippen molar-refractivity contribution in [2.75, 3.05) is 0 Å². The molecule has 2 fully saturated rings. The Bertz CT molecular complexity index is 994. The summed E-state index contributed by atoms with van der Waals surface area (Å²) in [6, 6.07) is 0. The maximum atomic E-state index is 13.1. The maximum Gasteiger partial charge on any atom is 0.534 e. The molecule has 6 atom stereocenters. The van der Waals surface area contributed by atoms with Crippen LogP contribution in [0.3, 0.4) is 0 Å². The molecule has 4 bridgehead atoms. The van der Waals surface area contributed by atoms with E-state index in [1.807, 2.05) is 0 Å². The lowest BCUT2D eigenvalue weighted by atomic mass is 9.50. The van der Waals surface area contributed by atoms with Crippen LogP contribution in [0, 0.1) is 35.0 Å². The average Bonchev–Trinajstić information content (AvgIpc) is 3.48. The standard InChI is InChI=1S/C25H38ClF3O4SSi/c1-13(2)35(14(3)4,15(5)6)33-23-18-10-17(32-34(30,31)25(27,28)29)11-19(23)22-16(7)21(26)12-20(18)24(22)8-9-24/h11-16,18-20,22-23H,8-10H2,1-7H3/t16-,18+,19-,20+,22-,23-/m1/s1. The Morgan fingerprint density at radius 3 is 2.06 bits per heavy atom. The van der Waals surface area contributed by atoms with Gasteiger partial charge >= 0.3 is 15.6 Å². The van der Waals surface area contributed by atoms with Crippen molar-refractivity contribution in [3.8, 4) is 0 Å². The first-order valence-corrected chi connectivity index (χ1v) is 16.7. The largest absolute Gasteiger partial charge is 0.534 e. The lowest BCUT2D eigenvalue weighted by Crippen LogP contribution is -2.61. The summed E-state index contributed by atoms with van der Waals surface area (Å²) in [5.74, 6) is -0.380. The number of hydrogen-bond donors (Lipinski definition) is 0. The molecule has 0 radical (unpaired) electrons. The molecule has 0 heterocycles. The molecule has 0 N–H and O–H groups in total. The summed E-state index contributed by atoms with van der Waals surface area (Å²) >= 11 is 6.70. The molecule has 4 aliphatic carbocycles. The number of rotatable bonds is 7. The van der Waals surface area contributed by atoms with Crippen molar-refractivity contribution in [1.29, 1.82) is 0 Å². The Hall–Kier alpha value is -0.513. The van der Waals surface area contributed by atoms with Crippen molar-refractivity contribution in [3.05, 3.63) is 22.9 Å². The van der Waals surface area contributed by atoms with Gasteiger partial charge < -0.3 is 8.61 Å². The van der Waals surface area contributed by atoms with Gasteiger partial charge in [0.2, 0.25) is 8.32 Å². The summed E-state index contributed by atoms with van der Waals surface area (Å²) in [5, 5.41) is 0.798. The van der Waals surface area contributed by atoms with Gasteiger partial charge in [0.1, 0.15) is 5.76 Å². The zero-order valence-electron chi connectivity index (χ0n) is 21.5. The Labute approximate surface area is 213 Å². The summed E-state index contributed by atoms with van der Waals surface area (Å²) in [4.78, 5) is 0. The third kappa shape index (κ3) is 4.15. The van der Waals surface area contributed by atoms with Gasteiger partial charge in [0.25, 0.3) is 0 Å². The predicted octanol–water partition coefficient (Wildman–Crippen LogP) is 7.73. The third-order valence-corrected chi connectivity index (χ3v) is 17.1. The minimum Gasteiger partial charge on any atom is -0.412 e. The zero-order chi connectivity index (χ0) is 26.3. The lowest BCUT2D eigenvalue weighted by Gasteiger charge is -2.60. The fourth-order valence-corrected chi connectivity index (χ4v) is 14.6. The van der Waals surface area contributed by atoms with Crippen LogP contribution in [0.1, 0.15) is 67.7 Å². The fraction of sp³-hybridized carbons (Fsp3) is 0.840. The van der Waals surface area contributed by atoms with E-state index in [0.717, 1.165) is 17.9 Å². The van der Waals surface area contributed by atoms with E-state index in [-0.39, 0.29) is 53.3 Å². The Balaban J connectivity index is 1.82. The molecular formula is C25H38ClF3O4SSi. The summed E-state index contributed by atoms with van der Waals surface area (Å²) < 4.78 is 75.2. The van der Waals surface area contributed by atoms with E-state index in [1.165, 1.54) is 0 Å². The molecule has 4 rings (SSSR count). The molecular weight excluding hydrogens is 517 g/mol. The average molecular weight is 555 g/mol. The van der Waals surface area contributed by atoms with Crippen LogP contribution in [0.4, 0.5) is 13.2 Å². The first kappa shape index (κ1) is 27.5. The maximum absolute atomic E-state index is 13.1. The number of allylic oxidation sites excluding steroid dienone is 3. The van der Waals surface area contributed by atoms with Crippen LogP contribution in [0.15, 0.2) is 22.9 Å². The third-order valence-electron chi connectivity index (χ3n) is 9.51. The van der Waals surface area contributed by atoms with Gasteiger partial charge in [0.05, 0.1) is 6.10 Å². The minimum absolute atomic E-state index is 0.0236. The van der Waals surface area contributed by atoms with Crippen molar-refractivity contribution in [1.82, 2.24) is 0 Å². The second-order valence-corrected chi connectivity index (χ2v) is 19.5. The summed E-state index contributed by atoms with van der Waals surface area (Å²) in [6.45, 7) is 15.4. The van der Waals surface area contributed by atoms with Gasteiger partial charge in [-0.2, -0.15) is 21.6 Å². The normalized spacial score (nSPS) is 34.3. The van der Waals surface area contributed by atoms with E-state index in [0.29, 0.717) is 16.6 Å². The molecule has 0 unspecified atom stereocenters. The van der Waals surface area contributed by atoms with Crippen LogP contribution in [-0.2, 0) is 18.7 Å². The van der Waals surface area contributed by atoms with E-state index >= 15 is 0 Å². The van der Waals surface area contributed by atoms with Crippen LogP contribution < -0.4 is 0 Å². The molecule has 1 spiro atoms. The second kappa shape index (κ2) is 8.77. The monoisotopic (exact) mass is 554 g/mol. The quantitative estimate of drug-likeness (QED) is 0.183. The van der Waals surface area contributed by atoms with Gasteiger partial charge in [-0.15, -0.1) is 0 Å². The molecule has 0 amide bonds. The van der Waals surface area contributed by atoms with Crippen LogP contribution in [0.25, 0.3) is 0 Å². The van der Waals surface area contributed by atoms with Crippen LogP contribution in [0.5, 0.6) is 0 Å². The van der Waals surface area contributed by atoms with Crippen LogP contribution in [-0.4, -0.2) is 28.3 Å². The SMILES string of the molecule is CC(C)[Si](O[C@H]1[C@@H]2C=C(OS(=O)(=O)C(F)(F)F)C[C@H]1[C@@H]1C=C(Cl)[C@@H](C)[C@H]2C12CC2)(C(C)C)C(C)C. The van der Waals surface area contributed by atoms with Crippen molar-refractivity contribution in [2.45, 2.75) is 96.0 Å². The Morgan fingerprint density at radius 1 is 1.06 bits per heavy atom. The summed E-state index contributed by atoms with van der Waals surface area (Å²) in [7, 11) is -8.04. The molecule has 0 aromatic rings. The summed E-state index contributed by atoms with van der Waals surface area (Å²) in [6.07, 6.45) is 5.76. The highest BCUT2D eigenvalue weighted by Crippen LogP contribution is 2.73.